The Morgan fingerprint density at radius 2 is 1.78 bits per heavy atom. The third-order valence-electron chi connectivity index (χ3n) is 7.25. The molecule has 2 atom stereocenters. The van der Waals surface area contributed by atoms with Crippen LogP contribution in [0.15, 0.2) is 55.0 Å². The molecule has 14 heteroatoms. The second kappa shape index (κ2) is 13.4. The zero-order chi connectivity index (χ0) is 30.5. The molecule has 0 aliphatic carbocycles. The lowest BCUT2D eigenvalue weighted by atomic mass is 10.00. The van der Waals surface area contributed by atoms with Gasteiger partial charge in [0.15, 0.2) is 0 Å². The van der Waals surface area contributed by atoms with Crippen LogP contribution in [0.5, 0.6) is 11.8 Å². The van der Waals surface area contributed by atoms with Gasteiger partial charge >= 0.3 is 12.1 Å². The Bertz CT molecular complexity index is 1860. The fraction of sp³-hybridized carbons (Fsp3) is 0.323. The van der Waals surface area contributed by atoms with E-state index >= 15 is 8.78 Å². The van der Waals surface area contributed by atoms with Gasteiger partial charge in [-0.25, -0.2) is 28.5 Å². The number of rotatable bonds is 4. The Balaban J connectivity index is 0.00000230. The molecule has 9 nitrogen and oxygen atoms in total. The number of imidazole rings is 1. The average molecular weight is 675 g/mol. The van der Waals surface area contributed by atoms with E-state index in [0.717, 1.165) is 0 Å². The van der Waals surface area contributed by atoms with Crippen molar-refractivity contribution < 1.29 is 23.0 Å². The van der Waals surface area contributed by atoms with Crippen molar-refractivity contribution in [2.75, 3.05) is 13.1 Å². The molecule has 0 saturated carbocycles. The predicted molar refractivity (Wildman–Crippen MR) is 179 cm³/mol. The van der Waals surface area contributed by atoms with Crippen molar-refractivity contribution in [3.8, 4) is 22.9 Å². The van der Waals surface area contributed by atoms with Gasteiger partial charge in [-0.3, -0.25) is 4.98 Å². The van der Waals surface area contributed by atoms with Gasteiger partial charge in [-0.15, -0.1) is 0 Å². The zero-order valence-corrected chi connectivity index (χ0v) is 27.8. The lowest BCUT2D eigenvalue weighted by molar-refractivity contribution is 0.00693. The van der Waals surface area contributed by atoms with Crippen molar-refractivity contribution in [1.29, 1.82) is 0 Å². The molecular formula is C31H33ClF2N6O3S2. The Morgan fingerprint density at radius 3 is 2.44 bits per heavy atom. The molecule has 0 unspecified atom stereocenters. The first kappa shape index (κ1) is 34.2. The van der Waals surface area contributed by atoms with Gasteiger partial charge in [0.1, 0.15) is 34.7 Å². The standard InChI is InChI=1S/C31H29ClF2N6O3.2H2S/c1-17-38-26-15-37-25-14-23(33)20(19-7-6-18(12-22(19)32)42-29-35-9-5-10-36-29)13-21(25)28(26)40(17)27-8-11-39(16-24(27)34)30(41)43-31(2,3)4;;/h5-7,9-10,12-15,24,27H,8,11,16H2,1-4H3;2*1H2/t24-,27-;;/m0../s1. The fourth-order valence-electron chi connectivity index (χ4n) is 5.42. The minimum Gasteiger partial charge on any atom is -0.444 e. The predicted octanol–water partition coefficient (Wildman–Crippen LogP) is 7.68. The normalized spacial score (nSPS) is 16.6. The molecule has 3 aromatic heterocycles. The van der Waals surface area contributed by atoms with Crippen LogP contribution in [0.2, 0.25) is 5.02 Å². The molecule has 45 heavy (non-hydrogen) atoms. The molecule has 1 fully saturated rings. The van der Waals surface area contributed by atoms with E-state index in [0.29, 0.717) is 52.0 Å². The van der Waals surface area contributed by atoms with Gasteiger partial charge in [-0.05, 0) is 58.4 Å². The molecular weight excluding hydrogens is 642 g/mol. The Kier molecular flexibility index (Phi) is 10.1. The van der Waals surface area contributed by atoms with E-state index in [1.54, 1.807) is 76.6 Å². The summed E-state index contributed by atoms with van der Waals surface area (Å²) in [5.41, 5.74) is 1.60. The number of nitrogens with zero attached hydrogens (tertiary/aromatic N) is 6. The SMILES string of the molecule is Cc1nc2cnc3cc(F)c(-c4ccc(Oc5ncccn5)cc4Cl)cc3c2n1[C@H]1CCN(C(=O)OC(C)(C)C)C[C@@H]1F.S.S. The van der Waals surface area contributed by atoms with Crippen LogP contribution in [0.3, 0.4) is 0 Å². The van der Waals surface area contributed by atoms with Crippen molar-refractivity contribution in [2.45, 2.75) is 51.9 Å². The van der Waals surface area contributed by atoms with E-state index in [-0.39, 0.29) is 50.1 Å². The first-order valence-electron chi connectivity index (χ1n) is 13.8. The molecule has 0 N–H and O–H groups in total. The van der Waals surface area contributed by atoms with Crippen molar-refractivity contribution in [1.82, 2.24) is 29.4 Å². The van der Waals surface area contributed by atoms with Crippen LogP contribution in [0, 0.1) is 12.7 Å². The summed E-state index contributed by atoms with van der Waals surface area (Å²) in [6, 6.07) is 9.12. The molecule has 2 aromatic carbocycles. The summed E-state index contributed by atoms with van der Waals surface area (Å²) in [4.78, 5) is 31.2. The highest BCUT2D eigenvalue weighted by Crippen LogP contribution is 2.39. The van der Waals surface area contributed by atoms with E-state index in [1.165, 1.54) is 11.0 Å². The quantitative estimate of drug-likeness (QED) is 0.193. The fourth-order valence-corrected chi connectivity index (χ4v) is 5.70. The molecule has 238 valence electrons. The van der Waals surface area contributed by atoms with Crippen molar-refractivity contribution >= 4 is 66.6 Å². The number of alkyl halides is 1. The number of fused-ring (bicyclic) bond motifs is 3. The maximum absolute atomic E-state index is 15.8. The second-order valence-corrected chi connectivity index (χ2v) is 11.9. The van der Waals surface area contributed by atoms with Crippen LogP contribution in [-0.4, -0.2) is 60.4 Å². The topological polar surface area (TPSA) is 95.3 Å². The molecule has 6 rings (SSSR count). The molecule has 1 aliphatic heterocycles. The van der Waals surface area contributed by atoms with Crippen LogP contribution >= 0.6 is 38.6 Å². The summed E-state index contributed by atoms with van der Waals surface area (Å²) in [6.07, 6.45) is 3.10. The molecule has 1 saturated heterocycles. The number of aryl methyl sites for hydroxylation is 1. The number of hydrogen-bond acceptors (Lipinski definition) is 7. The molecule has 1 amide bonds. The number of carbonyl (C=O) groups is 1. The van der Waals surface area contributed by atoms with Crippen molar-refractivity contribution in [3.63, 3.8) is 0 Å². The number of carbonyl (C=O) groups excluding carboxylic acids is 1. The number of pyridine rings is 1. The van der Waals surface area contributed by atoms with Gasteiger partial charge in [0, 0.05) is 47.6 Å². The van der Waals surface area contributed by atoms with Gasteiger partial charge < -0.3 is 18.9 Å². The summed E-state index contributed by atoms with van der Waals surface area (Å²) in [6.45, 7) is 7.33. The van der Waals surface area contributed by atoms with Crippen LogP contribution < -0.4 is 4.74 Å². The maximum atomic E-state index is 15.8. The van der Waals surface area contributed by atoms with Crippen LogP contribution in [-0.2, 0) is 4.74 Å². The monoisotopic (exact) mass is 674 g/mol. The third kappa shape index (κ3) is 6.95. The van der Waals surface area contributed by atoms with Crippen LogP contribution in [0.25, 0.3) is 33.1 Å². The minimum atomic E-state index is -1.38. The summed E-state index contributed by atoms with van der Waals surface area (Å²) in [7, 11) is 0. The lowest BCUT2D eigenvalue weighted by Gasteiger charge is -2.36. The Morgan fingerprint density at radius 1 is 1.04 bits per heavy atom. The van der Waals surface area contributed by atoms with Gasteiger partial charge in [-0.2, -0.15) is 27.0 Å². The number of likely N-dealkylation sites (tertiary alicyclic amines) is 1. The number of aromatic nitrogens is 5. The summed E-state index contributed by atoms with van der Waals surface area (Å²) in [5.74, 6) is 0.472. The first-order chi connectivity index (χ1) is 20.5. The van der Waals surface area contributed by atoms with E-state index in [1.807, 2.05) is 4.57 Å². The van der Waals surface area contributed by atoms with E-state index < -0.39 is 29.7 Å². The minimum absolute atomic E-state index is 0. The smallest absolute Gasteiger partial charge is 0.410 e. The van der Waals surface area contributed by atoms with Gasteiger partial charge in [0.05, 0.1) is 34.8 Å². The third-order valence-corrected chi connectivity index (χ3v) is 7.57. The van der Waals surface area contributed by atoms with E-state index in [2.05, 4.69) is 19.9 Å². The Labute approximate surface area is 277 Å². The summed E-state index contributed by atoms with van der Waals surface area (Å²) in [5, 5.41) is 0.861. The number of halogens is 3. The molecule has 4 heterocycles. The largest absolute Gasteiger partial charge is 0.444 e. The summed E-state index contributed by atoms with van der Waals surface area (Å²) >= 11 is 6.61. The molecule has 0 radical (unpaired) electrons. The van der Waals surface area contributed by atoms with Crippen molar-refractivity contribution in [3.05, 3.63) is 71.7 Å². The van der Waals surface area contributed by atoms with Gasteiger partial charge in [0.25, 0.3) is 0 Å². The first-order valence-corrected chi connectivity index (χ1v) is 14.2. The van der Waals surface area contributed by atoms with E-state index in [9.17, 15) is 4.79 Å². The zero-order valence-electron chi connectivity index (χ0n) is 25.0. The van der Waals surface area contributed by atoms with Crippen molar-refractivity contribution in [2.24, 2.45) is 0 Å². The highest BCUT2D eigenvalue weighted by Gasteiger charge is 2.36. The second-order valence-electron chi connectivity index (χ2n) is 11.4. The number of benzene rings is 2. The lowest BCUT2D eigenvalue weighted by Crippen LogP contribution is -2.47. The van der Waals surface area contributed by atoms with Crippen LogP contribution in [0.4, 0.5) is 13.6 Å². The van der Waals surface area contributed by atoms with Crippen LogP contribution in [0.1, 0.15) is 39.1 Å². The number of ether oxygens (including phenoxy) is 2. The highest BCUT2D eigenvalue weighted by molar-refractivity contribution is 7.59. The number of amides is 1. The summed E-state index contributed by atoms with van der Waals surface area (Å²) < 4.78 is 44.3. The number of piperidine rings is 1. The molecule has 5 aromatic rings. The average Bonchev–Trinajstić information content (AvgIpc) is 3.28. The van der Waals surface area contributed by atoms with E-state index in [4.69, 9.17) is 21.1 Å². The van der Waals surface area contributed by atoms with Gasteiger partial charge in [-0.1, -0.05) is 11.6 Å². The maximum Gasteiger partial charge on any atom is 0.410 e. The molecule has 0 bridgehead atoms. The molecule has 1 aliphatic rings. The Hall–Kier alpha value is -3.68. The van der Waals surface area contributed by atoms with Gasteiger partial charge in [0.2, 0.25) is 0 Å². The highest BCUT2D eigenvalue weighted by atomic mass is 35.5. The number of hydrogen-bond donors (Lipinski definition) is 0. The molecule has 0 spiro atoms.